The smallest absolute Gasteiger partial charge is 0.220 e. The predicted octanol–water partition coefficient (Wildman–Crippen LogP) is -7.80. The number of amides is 8. The zero-order valence-electron chi connectivity index (χ0n) is 53.3. The van der Waals surface area contributed by atoms with Crippen molar-refractivity contribution in [2.24, 2.45) is 5.73 Å². The molecule has 36 nitrogen and oxygen atoms in total. The van der Waals surface area contributed by atoms with Crippen LogP contribution in [0.1, 0.15) is 85.0 Å². The lowest BCUT2D eigenvalue weighted by Gasteiger charge is -2.42. The van der Waals surface area contributed by atoms with Crippen LogP contribution in [0.25, 0.3) is 0 Å². The number of aliphatic hydroxyl groups excluding tert-OH is 8. The Morgan fingerprint density at radius 2 is 0.774 bits per heavy atom. The standard InChI is InChI=1S/C57H102N8O28/c1-35(69)62-47-39(72)31-38(32-66)91-54(47)88-28-25-85-22-19-82-16-13-59-43(74)7-10-57(65-46(77)6-4-5-42(58)73,11-8-44(75)60-14-17-83-20-23-86-26-29-89-55-48(63-36(2)70)52(80)50(78)40(33-67)92-55)12-9-45(76)61-15-18-84-21-24-87-27-30-90-56-49(64-37(3)71)53(81)51(79)41(34-68)93-56/h38-41,47-56,66-68,72,78-81H,4-34H2,1-3H3,(H2,58,73)(H,59,74)(H,60,75)(H,61,76)(H,62,69)(H,63,70)(H,64,71)(H,65,77). The lowest BCUT2D eigenvalue weighted by molar-refractivity contribution is -0.272. The first-order chi connectivity index (χ1) is 44.5. The Morgan fingerprint density at radius 3 is 1.12 bits per heavy atom. The van der Waals surface area contributed by atoms with Gasteiger partial charge in [0.25, 0.3) is 0 Å². The van der Waals surface area contributed by atoms with E-state index in [1.54, 1.807) is 0 Å². The molecule has 0 aromatic carbocycles. The molecule has 0 aliphatic carbocycles. The largest absolute Gasteiger partial charge is 0.394 e. The van der Waals surface area contributed by atoms with E-state index in [4.69, 9.17) is 62.6 Å². The lowest BCUT2D eigenvalue weighted by atomic mass is 9.82. The normalized spacial score (nSPS) is 26.1. The maximum Gasteiger partial charge on any atom is 0.220 e. The number of ether oxygens (including phenoxy) is 12. The number of nitrogens with two attached hydrogens (primary N) is 1. The Hall–Kier alpha value is -5.04. The maximum absolute atomic E-state index is 13.5. The second-order valence-corrected chi connectivity index (χ2v) is 22.2. The predicted molar refractivity (Wildman–Crippen MR) is 318 cm³/mol. The molecule has 93 heavy (non-hydrogen) atoms. The second kappa shape index (κ2) is 47.0. The van der Waals surface area contributed by atoms with Crippen LogP contribution >= 0.6 is 0 Å². The first-order valence-corrected chi connectivity index (χ1v) is 31.2. The highest BCUT2D eigenvalue weighted by Crippen LogP contribution is 2.28. The quantitative estimate of drug-likeness (QED) is 0.0252. The first kappa shape index (κ1) is 82.2. The Balaban J connectivity index is 1.51. The van der Waals surface area contributed by atoms with Crippen LogP contribution in [-0.2, 0) is 95.2 Å². The van der Waals surface area contributed by atoms with Crippen molar-refractivity contribution >= 4 is 47.3 Å². The highest BCUT2D eigenvalue weighted by Gasteiger charge is 2.47. The molecule has 17 N–H and O–H groups in total. The number of primary amides is 1. The van der Waals surface area contributed by atoms with Crippen molar-refractivity contribution in [3.63, 3.8) is 0 Å². The van der Waals surface area contributed by atoms with Crippen molar-refractivity contribution < 1.29 is 136 Å². The zero-order valence-corrected chi connectivity index (χ0v) is 53.3. The monoisotopic (exact) mass is 1350 g/mol. The molecule has 0 spiro atoms. The molecule has 14 atom stereocenters. The summed E-state index contributed by atoms with van der Waals surface area (Å²) in [6, 6.07) is -3.07. The van der Waals surface area contributed by atoms with Crippen molar-refractivity contribution in [3.05, 3.63) is 0 Å². The van der Waals surface area contributed by atoms with Crippen molar-refractivity contribution in [1.29, 1.82) is 0 Å². The zero-order chi connectivity index (χ0) is 68.6. The maximum atomic E-state index is 13.5. The van der Waals surface area contributed by atoms with Crippen LogP contribution in [0.3, 0.4) is 0 Å². The van der Waals surface area contributed by atoms with E-state index in [9.17, 15) is 79.2 Å². The molecule has 14 unspecified atom stereocenters. The van der Waals surface area contributed by atoms with Gasteiger partial charge >= 0.3 is 0 Å². The second-order valence-electron chi connectivity index (χ2n) is 22.2. The van der Waals surface area contributed by atoms with Gasteiger partial charge in [-0.1, -0.05) is 0 Å². The van der Waals surface area contributed by atoms with Crippen LogP contribution < -0.4 is 43.0 Å². The van der Waals surface area contributed by atoms with Gasteiger partial charge in [0, 0.05) is 84.5 Å². The summed E-state index contributed by atoms with van der Waals surface area (Å²) in [5.74, 6) is -3.82. The van der Waals surface area contributed by atoms with Crippen molar-refractivity contribution in [1.82, 2.24) is 37.2 Å². The molecule has 3 saturated heterocycles. The third kappa shape index (κ3) is 33.5. The van der Waals surface area contributed by atoms with Gasteiger partial charge in [0.05, 0.1) is 131 Å². The highest BCUT2D eigenvalue weighted by atomic mass is 16.7. The number of aliphatic hydroxyl groups is 8. The van der Waals surface area contributed by atoms with Crippen LogP contribution in [0.4, 0.5) is 0 Å². The molecule has 3 aliphatic rings. The third-order valence-corrected chi connectivity index (χ3v) is 14.7. The van der Waals surface area contributed by atoms with Crippen LogP contribution in [-0.4, -0.2) is 318 Å². The van der Waals surface area contributed by atoms with Crippen molar-refractivity contribution in [2.75, 3.05) is 139 Å². The van der Waals surface area contributed by atoms with E-state index < -0.39 is 152 Å². The summed E-state index contributed by atoms with van der Waals surface area (Å²) in [5, 5.41) is 99.1. The molecule has 3 fully saturated rings. The van der Waals surface area contributed by atoms with Crippen molar-refractivity contribution in [2.45, 2.75) is 176 Å². The summed E-state index contributed by atoms with van der Waals surface area (Å²) < 4.78 is 67.0. The molecule has 0 aromatic rings. The Morgan fingerprint density at radius 1 is 0.430 bits per heavy atom. The van der Waals surface area contributed by atoms with Gasteiger partial charge in [-0.15, -0.1) is 0 Å². The van der Waals surface area contributed by atoms with Crippen LogP contribution in [0.2, 0.25) is 0 Å². The molecule has 0 aromatic heterocycles. The van der Waals surface area contributed by atoms with Gasteiger partial charge in [0.1, 0.15) is 54.7 Å². The van der Waals surface area contributed by atoms with Gasteiger partial charge in [0.15, 0.2) is 18.9 Å². The Kier molecular flexibility index (Phi) is 41.5. The van der Waals surface area contributed by atoms with Gasteiger partial charge in [-0.05, 0) is 25.7 Å². The van der Waals surface area contributed by atoms with E-state index >= 15 is 0 Å². The molecule has 0 saturated carbocycles. The number of rotatable bonds is 50. The number of hydrogen-bond donors (Lipinski definition) is 16. The van der Waals surface area contributed by atoms with E-state index in [1.807, 2.05) is 0 Å². The van der Waals surface area contributed by atoms with Gasteiger partial charge in [0.2, 0.25) is 47.3 Å². The fourth-order valence-corrected chi connectivity index (χ4v) is 9.90. The molecule has 538 valence electrons. The lowest BCUT2D eigenvalue weighted by Crippen LogP contribution is -2.64. The van der Waals surface area contributed by atoms with Gasteiger partial charge < -0.3 is 141 Å². The van der Waals surface area contributed by atoms with Gasteiger partial charge in [-0.3, -0.25) is 38.4 Å². The van der Waals surface area contributed by atoms with E-state index in [2.05, 4.69) is 37.2 Å². The molecule has 0 bridgehead atoms. The van der Waals surface area contributed by atoms with E-state index in [0.717, 1.165) is 0 Å². The van der Waals surface area contributed by atoms with Crippen molar-refractivity contribution in [3.8, 4) is 0 Å². The number of carbonyl (C=O) groups is 8. The fourth-order valence-electron chi connectivity index (χ4n) is 9.90. The van der Waals surface area contributed by atoms with Gasteiger partial charge in [-0.25, -0.2) is 0 Å². The van der Waals surface area contributed by atoms with Crippen LogP contribution in [0.5, 0.6) is 0 Å². The summed E-state index contributed by atoms with van der Waals surface area (Å²) in [6.45, 7) is 3.53. The van der Waals surface area contributed by atoms with Gasteiger partial charge in [-0.2, -0.15) is 0 Å². The Labute approximate surface area is 539 Å². The first-order valence-electron chi connectivity index (χ1n) is 31.2. The minimum atomic E-state index is -1.47. The minimum absolute atomic E-state index is 0.0211. The third-order valence-electron chi connectivity index (χ3n) is 14.7. The molecule has 3 heterocycles. The molecule has 8 amide bonds. The highest BCUT2D eigenvalue weighted by molar-refractivity contribution is 5.81. The molecule has 3 aliphatic heterocycles. The molecule has 0 radical (unpaired) electrons. The number of carbonyl (C=O) groups excluding carboxylic acids is 8. The average molecular weight is 1350 g/mol. The fraction of sp³-hybridized carbons (Fsp3) is 0.860. The topological polar surface area (TPSA) is 519 Å². The number of nitrogens with one attached hydrogen (secondary N) is 7. The molecule has 36 heteroatoms. The molecule has 3 rings (SSSR count). The van der Waals surface area contributed by atoms with Crippen LogP contribution in [0, 0.1) is 0 Å². The number of hydrogen-bond acceptors (Lipinski definition) is 28. The van der Waals surface area contributed by atoms with E-state index in [-0.39, 0.29) is 190 Å². The summed E-state index contributed by atoms with van der Waals surface area (Å²) in [5.41, 5.74) is 4.02. The average Bonchev–Trinajstić information content (AvgIpc) is 0.936. The molecular formula is C57H102N8O28. The summed E-state index contributed by atoms with van der Waals surface area (Å²) in [4.78, 5) is 100. The van der Waals surface area contributed by atoms with E-state index in [0.29, 0.717) is 0 Å². The van der Waals surface area contributed by atoms with Crippen LogP contribution in [0.15, 0.2) is 0 Å². The van der Waals surface area contributed by atoms with E-state index in [1.165, 1.54) is 20.8 Å². The Bertz CT molecular complexity index is 2100. The summed E-state index contributed by atoms with van der Waals surface area (Å²) in [7, 11) is 0. The summed E-state index contributed by atoms with van der Waals surface area (Å²) in [6.07, 6.45) is -13.8. The minimum Gasteiger partial charge on any atom is -0.394 e. The SMILES string of the molecule is CC(=O)NC1C(O)CC(CO)OC1OCCOCCOCCNC(=O)CCC(CCC(=O)NCCOCCOCCOC1OC(CO)C(O)C(O)C1NC(C)=O)(CCC(=O)NCCOCCOCCOC1OC(CO)C(O)C(O)C1NC(C)=O)NC(=O)CCCC(N)=O. The summed E-state index contributed by atoms with van der Waals surface area (Å²) >= 11 is 0. The molecular weight excluding hydrogens is 1240 g/mol.